The second-order valence-electron chi connectivity index (χ2n) is 6.32. The van der Waals surface area contributed by atoms with Crippen LogP contribution in [-0.2, 0) is 21.4 Å². The topological polar surface area (TPSA) is 105 Å². The van der Waals surface area contributed by atoms with E-state index in [1.807, 2.05) is 17.5 Å². The molecule has 1 aliphatic heterocycles. The molecular weight excluding hydrogens is 420 g/mol. The molecule has 0 saturated carbocycles. The van der Waals surface area contributed by atoms with Gasteiger partial charge in [-0.1, -0.05) is 17.3 Å². The van der Waals surface area contributed by atoms with Gasteiger partial charge >= 0.3 is 0 Å². The number of carbonyl (C=O) groups excluding carboxylic acids is 1. The van der Waals surface area contributed by atoms with Gasteiger partial charge in [-0.3, -0.25) is 4.79 Å². The number of carbonyl (C=O) groups is 1. The van der Waals surface area contributed by atoms with E-state index in [9.17, 15) is 13.2 Å². The fourth-order valence-corrected chi connectivity index (χ4v) is 6.30. The van der Waals surface area contributed by atoms with Gasteiger partial charge in [0.2, 0.25) is 17.6 Å². The van der Waals surface area contributed by atoms with Crippen molar-refractivity contribution in [2.75, 3.05) is 13.1 Å². The van der Waals surface area contributed by atoms with Crippen molar-refractivity contribution >= 4 is 38.6 Å². The SMILES string of the molecule is O=C(NCc1nc(-c2cccs2)no1)C1CCN(S(=O)(=O)c2cccs2)CC1. The second-order valence-corrected chi connectivity index (χ2v) is 10.4. The van der Waals surface area contributed by atoms with Crippen LogP contribution in [0.2, 0.25) is 0 Å². The van der Waals surface area contributed by atoms with Crippen molar-refractivity contribution in [3.05, 3.63) is 40.9 Å². The summed E-state index contributed by atoms with van der Waals surface area (Å²) in [6.45, 7) is 0.827. The van der Waals surface area contributed by atoms with Crippen LogP contribution >= 0.6 is 22.7 Å². The monoisotopic (exact) mass is 438 g/mol. The van der Waals surface area contributed by atoms with Crippen molar-refractivity contribution < 1.29 is 17.7 Å². The Morgan fingerprint density at radius 2 is 1.96 bits per heavy atom. The summed E-state index contributed by atoms with van der Waals surface area (Å²) >= 11 is 2.72. The van der Waals surface area contributed by atoms with Crippen LogP contribution in [0.15, 0.2) is 43.8 Å². The van der Waals surface area contributed by atoms with Crippen molar-refractivity contribution in [3.8, 4) is 10.7 Å². The zero-order valence-corrected chi connectivity index (χ0v) is 17.2. The van der Waals surface area contributed by atoms with Crippen LogP contribution < -0.4 is 5.32 Å². The van der Waals surface area contributed by atoms with Gasteiger partial charge in [-0.2, -0.15) is 9.29 Å². The minimum absolute atomic E-state index is 0.121. The highest BCUT2D eigenvalue weighted by atomic mass is 32.2. The van der Waals surface area contributed by atoms with Crippen molar-refractivity contribution in [1.29, 1.82) is 0 Å². The molecule has 0 bridgehead atoms. The number of aromatic nitrogens is 2. The number of hydrogen-bond donors (Lipinski definition) is 1. The van der Waals surface area contributed by atoms with Gasteiger partial charge in [0.05, 0.1) is 11.4 Å². The third kappa shape index (κ3) is 4.02. The number of hydrogen-bond acceptors (Lipinski definition) is 8. The molecule has 28 heavy (non-hydrogen) atoms. The lowest BCUT2D eigenvalue weighted by molar-refractivity contribution is -0.126. The number of nitrogens with one attached hydrogen (secondary N) is 1. The van der Waals surface area contributed by atoms with Gasteiger partial charge in [0.25, 0.3) is 10.0 Å². The summed E-state index contributed by atoms with van der Waals surface area (Å²) in [4.78, 5) is 17.6. The molecule has 0 atom stereocenters. The Morgan fingerprint density at radius 3 is 2.64 bits per heavy atom. The van der Waals surface area contributed by atoms with Crippen LogP contribution in [0.1, 0.15) is 18.7 Å². The normalized spacial score (nSPS) is 16.3. The molecule has 0 spiro atoms. The minimum Gasteiger partial charge on any atom is -0.347 e. The maximum absolute atomic E-state index is 12.5. The third-order valence-electron chi connectivity index (χ3n) is 4.54. The number of sulfonamides is 1. The maximum Gasteiger partial charge on any atom is 0.252 e. The second kappa shape index (κ2) is 8.11. The zero-order valence-electron chi connectivity index (χ0n) is 14.8. The molecule has 4 rings (SSSR count). The summed E-state index contributed by atoms with van der Waals surface area (Å²) in [6, 6.07) is 7.13. The molecule has 1 saturated heterocycles. The summed E-state index contributed by atoms with van der Waals surface area (Å²) in [5.41, 5.74) is 0. The van der Waals surface area contributed by atoms with Crippen LogP contribution in [0.25, 0.3) is 10.7 Å². The van der Waals surface area contributed by atoms with E-state index in [-0.39, 0.29) is 18.4 Å². The van der Waals surface area contributed by atoms with Gasteiger partial charge in [-0.15, -0.1) is 22.7 Å². The molecule has 1 N–H and O–H groups in total. The van der Waals surface area contributed by atoms with E-state index in [0.29, 0.717) is 41.9 Å². The first-order valence-electron chi connectivity index (χ1n) is 8.72. The Bertz CT molecular complexity index is 1020. The van der Waals surface area contributed by atoms with E-state index < -0.39 is 10.0 Å². The van der Waals surface area contributed by atoms with Crippen LogP contribution in [0.4, 0.5) is 0 Å². The first-order valence-corrected chi connectivity index (χ1v) is 11.9. The molecule has 0 aliphatic carbocycles. The largest absolute Gasteiger partial charge is 0.347 e. The molecule has 1 fully saturated rings. The Morgan fingerprint density at radius 1 is 1.21 bits per heavy atom. The van der Waals surface area contributed by atoms with Gasteiger partial charge in [-0.05, 0) is 35.7 Å². The molecule has 3 aromatic heterocycles. The summed E-state index contributed by atoms with van der Waals surface area (Å²) in [6.07, 6.45) is 0.974. The van der Waals surface area contributed by atoms with Crippen LogP contribution in [0, 0.1) is 5.92 Å². The molecule has 3 aromatic rings. The van der Waals surface area contributed by atoms with Crippen LogP contribution in [0.5, 0.6) is 0 Å². The Labute approximate surface area is 170 Å². The summed E-state index contributed by atoms with van der Waals surface area (Å²) < 4.78 is 32.1. The van der Waals surface area contributed by atoms with Crippen molar-refractivity contribution in [1.82, 2.24) is 19.8 Å². The molecule has 0 unspecified atom stereocenters. The van der Waals surface area contributed by atoms with E-state index in [1.165, 1.54) is 27.0 Å². The quantitative estimate of drug-likeness (QED) is 0.634. The fourth-order valence-electron chi connectivity index (χ4n) is 3.04. The molecule has 0 aromatic carbocycles. The average Bonchev–Trinajstić information content (AvgIpc) is 3.48. The van der Waals surface area contributed by atoms with Gasteiger partial charge in [0.1, 0.15) is 4.21 Å². The number of thiophene rings is 2. The van der Waals surface area contributed by atoms with Gasteiger partial charge in [0, 0.05) is 19.0 Å². The number of rotatable bonds is 6. The summed E-state index contributed by atoms with van der Waals surface area (Å²) in [5.74, 6) is 0.499. The zero-order chi connectivity index (χ0) is 19.6. The molecule has 148 valence electrons. The molecule has 11 heteroatoms. The first-order chi connectivity index (χ1) is 13.5. The van der Waals surface area contributed by atoms with Crippen molar-refractivity contribution in [3.63, 3.8) is 0 Å². The lowest BCUT2D eigenvalue weighted by Gasteiger charge is -2.30. The standard InChI is InChI=1S/C17H18N4O4S3/c22-17(18-11-14-19-16(20-25-14)13-3-1-9-26-13)12-5-7-21(8-6-12)28(23,24)15-4-2-10-27-15/h1-4,9-10,12H,5-8,11H2,(H,18,22). The van der Waals surface area contributed by atoms with Gasteiger partial charge in [0.15, 0.2) is 0 Å². The highest BCUT2D eigenvalue weighted by Gasteiger charge is 2.32. The first kappa shape index (κ1) is 19.2. The lowest BCUT2D eigenvalue weighted by Crippen LogP contribution is -2.42. The van der Waals surface area contributed by atoms with E-state index in [0.717, 1.165) is 4.88 Å². The Balaban J connectivity index is 1.29. The summed E-state index contributed by atoms with van der Waals surface area (Å²) in [5, 5.41) is 10.4. The lowest BCUT2D eigenvalue weighted by atomic mass is 9.97. The number of piperidine rings is 1. The van der Waals surface area contributed by atoms with Crippen LogP contribution in [-0.4, -0.2) is 41.9 Å². The Kier molecular flexibility index (Phi) is 5.58. The number of amides is 1. The maximum atomic E-state index is 12.5. The average molecular weight is 439 g/mol. The molecule has 1 amide bonds. The predicted octanol–water partition coefficient (Wildman–Crippen LogP) is 2.58. The van der Waals surface area contributed by atoms with Gasteiger partial charge < -0.3 is 9.84 Å². The Hall–Kier alpha value is -2.08. The van der Waals surface area contributed by atoms with Crippen LogP contribution in [0.3, 0.4) is 0 Å². The molecule has 8 nitrogen and oxygen atoms in total. The van der Waals surface area contributed by atoms with E-state index >= 15 is 0 Å². The predicted molar refractivity (Wildman–Crippen MR) is 105 cm³/mol. The fraction of sp³-hybridized carbons (Fsp3) is 0.353. The third-order valence-corrected chi connectivity index (χ3v) is 8.67. The highest BCUT2D eigenvalue weighted by Crippen LogP contribution is 2.26. The smallest absolute Gasteiger partial charge is 0.252 e. The molecule has 0 radical (unpaired) electrons. The molecule has 4 heterocycles. The minimum atomic E-state index is -3.45. The van der Waals surface area contributed by atoms with Gasteiger partial charge in [-0.25, -0.2) is 8.42 Å². The van der Waals surface area contributed by atoms with E-state index in [4.69, 9.17) is 4.52 Å². The highest BCUT2D eigenvalue weighted by molar-refractivity contribution is 7.91. The van der Waals surface area contributed by atoms with E-state index in [1.54, 1.807) is 17.5 Å². The molecular formula is C17H18N4O4S3. The van der Waals surface area contributed by atoms with E-state index in [2.05, 4.69) is 15.5 Å². The molecule has 1 aliphatic rings. The van der Waals surface area contributed by atoms with Crippen molar-refractivity contribution in [2.24, 2.45) is 5.92 Å². The number of nitrogens with zero attached hydrogens (tertiary/aromatic N) is 3. The van der Waals surface area contributed by atoms with Crippen molar-refractivity contribution in [2.45, 2.75) is 23.6 Å². The summed E-state index contributed by atoms with van der Waals surface area (Å²) in [7, 11) is -3.45.